The van der Waals surface area contributed by atoms with Crippen LogP contribution in [0.3, 0.4) is 0 Å². The maximum atomic E-state index is 14.2. The van der Waals surface area contributed by atoms with Crippen LogP contribution >= 0.6 is 15.9 Å². The number of benzene rings is 2. The van der Waals surface area contributed by atoms with Crippen LogP contribution in [0.4, 0.5) is 4.39 Å². The van der Waals surface area contributed by atoms with E-state index in [4.69, 9.17) is 0 Å². The largest absolute Gasteiger partial charge is 0.310 e. The van der Waals surface area contributed by atoms with Gasteiger partial charge in [-0.25, -0.2) is 4.39 Å². The Balaban J connectivity index is 2.35. The lowest BCUT2D eigenvalue weighted by molar-refractivity contribution is 0.509. The van der Waals surface area contributed by atoms with E-state index in [1.165, 1.54) is 22.8 Å². The topological polar surface area (TPSA) is 12.0 Å². The molecule has 0 heterocycles. The fourth-order valence-electron chi connectivity index (χ4n) is 2.56. The Morgan fingerprint density at radius 2 is 1.90 bits per heavy atom. The van der Waals surface area contributed by atoms with Crippen LogP contribution < -0.4 is 5.32 Å². The molecule has 0 radical (unpaired) electrons. The molecule has 0 saturated heterocycles. The lowest BCUT2D eigenvalue weighted by Gasteiger charge is -2.21. The molecule has 3 heteroatoms. The first-order valence-electron chi connectivity index (χ1n) is 7.25. The molecule has 112 valence electrons. The molecule has 0 aliphatic carbocycles. The van der Waals surface area contributed by atoms with Gasteiger partial charge in [-0.1, -0.05) is 46.6 Å². The van der Waals surface area contributed by atoms with Crippen molar-refractivity contribution in [3.05, 3.63) is 68.9 Å². The van der Waals surface area contributed by atoms with Crippen molar-refractivity contribution < 1.29 is 4.39 Å². The van der Waals surface area contributed by atoms with Crippen LogP contribution in [0.15, 0.2) is 40.9 Å². The summed E-state index contributed by atoms with van der Waals surface area (Å²) in [6.45, 7) is 7.05. The molecular weight excluding hydrogens is 329 g/mol. The van der Waals surface area contributed by atoms with Gasteiger partial charge in [-0.2, -0.15) is 0 Å². The van der Waals surface area contributed by atoms with Crippen LogP contribution in [0, 0.1) is 19.7 Å². The first-order chi connectivity index (χ1) is 10.0. The maximum Gasteiger partial charge on any atom is 0.128 e. The van der Waals surface area contributed by atoms with Crippen molar-refractivity contribution in [2.75, 3.05) is 6.54 Å². The molecule has 1 nitrogen and oxygen atoms in total. The Labute approximate surface area is 134 Å². The van der Waals surface area contributed by atoms with E-state index in [-0.39, 0.29) is 11.9 Å². The van der Waals surface area contributed by atoms with Gasteiger partial charge in [0.1, 0.15) is 5.82 Å². The van der Waals surface area contributed by atoms with Gasteiger partial charge in [-0.15, -0.1) is 0 Å². The Morgan fingerprint density at radius 1 is 1.14 bits per heavy atom. The smallest absolute Gasteiger partial charge is 0.128 e. The quantitative estimate of drug-likeness (QED) is 0.791. The minimum Gasteiger partial charge on any atom is -0.310 e. The molecule has 0 amide bonds. The van der Waals surface area contributed by atoms with Gasteiger partial charge in [-0.3, -0.25) is 0 Å². The van der Waals surface area contributed by atoms with Crippen LogP contribution in [-0.4, -0.2) is 6.54 Å². The molecule has 2 rings (SSSR count). The second-order valence-corrected chi connectivity index (χ2v) is 6.33. The van der Waals surface area contributed by atoms with Crippen LogP contribution in [0.25, 0.3) is 0 Å². The van der Waals surface area contributed by atoms with Crippen molar-refractivity contribution in [3.63, 3.8) is 0 Å². The van der Waals surface area contributed by atoms with Gasteiger partial charge in [0.15, 0.2) is 0 Å². The van der Waals surface area contributed by atoms with Crippen LogP contribution in [-0.2, 0) is 6.42 Å². The maximum absolute atomic E-state index is 14.2. The number of likely N-dealkylation sites (N-methyl/N-ethyl adjacent to an activating group) is 1. The zero-order chi connectivity index (χ0) is 15.4. The third-order valence-corrected chi connectivity index (χ3v) is 4.21. The standard InChI is InChI=1S/C18H21BrFN/c1-4-21-18(16-11-15(19)7-8-17(16)20)10-14-9-12(2)5-6-13(14)3/h5-9,11,18,21H,4,10H2,1-3H3. The van der Waals surface area contributed by atoms with E-state index in [1.54, 1.807) is 6.07 Å². The Morgan fingerprint density at radius 3 is 2.62 bits per heavy atom. The first kappa shape index (κ1) is 16.2. The van der Waals surface area contributed by atoms with E-state index in [9.17, 15) is 4.39 Å². The van der Waals surface area contributed by atoms with Gasteiger partial charge in [-0.05, 0) is 56.1 Å². The molecule has 21 heavy (non-hydrogen) atoms. The summed E-state index contributed by atoms with van der Waals surface area (Å²) < 4.78 is 15.1. The molecule has 0 aliphatic heterocycles. The summed E-state index contributed by atoms with van der Waals surface area (Å²) in [6, 6.07) is 11.5. The van der Waals surface area contributed by atoms with Gasteiger partial charge in [0.05, 0.1) is 0 Å². The number of rotatable bonds is 5. The minimum absolute atomic E-state index is 0.0204. The Kier molecular flexibility index (Phi) is 5.54. The van der Waals surface area contributed by atoms with E-state index in [0.29, 0.717) is 5.56 Å². The molecule has 0 bridgehead atoms. The van der Waals surface area contributed by atoms with Crippen LogP contribution in [0.2, 0.25) is 0 Å². The number of hydrogen-bond acceptors (Lipinski definition) is 1. The molecule has 0 aromatic heterocycles. The lowest BCUT2D eigenvalue weighted by Crippen LogP contribution is -2.24. The Hall–Kier alpha value is -1.19. The Bertz CT molecular complexity index is 625. The van der Waals surface area contributed by atoms with Crippen molar-refractivity contribution in [2.45, 2.75) is 33.2 Å². The monoisotopic (exact) mass is 349 g/mol. The van der Waals surface area contributed by atoms with Gasteiger partial charge in [0.2, 0.25) is 0 Å². The highest BCUT2D eigenvalue weighted by Gasteiger charge is 2.17. The summed E-state index contributed by atoms with van der Waals surface area (Å²) >= 11 is 3.43. The van der Waals surface area contributed by atoms with E-state index in [1.807, 2.05) is 13.0 Å². The van der Waals surface area contributed by atoms with Crippen molar-refractivity contribution in [3.8, 4) is 0 Å². The number of halogens is 2. The summed E-state index contributed by atoms with van der Waals surface area (Å²) in [6.07, 6.45) is 0.786. The van der Waals surface area contributed by atoms with Crippen molar-refractivity contribution in [1.29, 1.82) is 0 Å². The molecule has 2 aromatic carbocycles. The highest BCUT2D eigenvalue weighted by atomic mass is 79.9. The normalized spacial score (nSPS) is 12.4. The summed E-state index contributed by atoms with van der Waals surface area (Å²) in [4.78, 5) is 0. The molecule has 1 N–H and O–H groups in total. The van der Waals surface area contributed by atoms with E-state index in [2.05, 4.69) is 53.3 Å². The molecule has 2 aromatic rings. The molecule has 0 aliphatic rings. The predicted molar refractivity (Wildman–Crippen MR) is 90.1 cm³/mol. The molecule has 0 saturated carbocycles. The number of aryl methyl sites for hydroxylation is 2. The van der Waals surface area contributed by atoms with Gasteiger partial charge in [0, 0.05) is 16.1 Å². The van der Waals surface area contributed by atoms with Gasteiger partial charge in [0.25, 0.3) is 0 Å². The third kappa shape index (κ3) is 4.14. The van der Waals surface area contributed by atoms with Crippen molar-refractivity contribution >= 4 is 15.9 Å². The van der Waals surface area contributed by atoms with E-state index >= 15 is 0 Å². The SMILES string of the molecule is CCNC(Cc1cc(C)ccc1C)c1cc(Br)ccc1F. The number of nitrogens with one attached hydrogen (secondary N) is 1. The van der Waals surface area contributed by atoms with Crippen molar-refractivity contribution in [2.24, 2.45) is 0 Å². The summed E-state index contributed by atoms with van der Waals surface area (Å²) in [7, 11) is 0. The van der Waals surface area contributed by atoms with Crippen LogP contribution in [0.1, 0.15) is 35.2 Å². The highest BCUT2D eigenvalue weighted by Crippen LogP contribution is 2.26. The average Bonchev–Trinajstić information content (AvgIpc) is 2.45. The lowest BCUT2D eigenvalue weighted by atomic mass is 9.94. The van der Waals surface area contributed by atoms with Crippen LogP contribution in [0.5, 0.6) is 0 Å². The van der Waals surface area contributed by atoms with Crippen molar-refractivity contribution in [1.82, 2.24) is 5.32 Å². The second kappa shape index (κ2) is 7.19. The molecule has 1 unspecified atom stereocenters. The van der Waals surface area contributed by atoms with Gasteiger partial charge >= 0.3 is 0 Å². The fourth-order valence-corrected chi connectivity index (χ4v) is 2.94. The second-order valence-electron chi connectivity index (χ2n) is 5.41. The minimum atomic E-state index is -0.158. The fraction of sp³-hybridized carbons (Fsp3) is 0.333. The zero-order valence-electron chi connectivity index (χ0n) is 12.7. The molecule has 0 fully saturated rings. The summed E-state index contributed by atoms with van der Waals surface area (Å²) in [5.41, 5.74) is 4.46. The third-order valence-electron chi connectivity index (χ3n) is 3.71. The molecule has 0 spiro atoms. The summed E-state index contributed by atoms with van der Waals surface area (Å²) in [5.74, 6) is -0.158. The molecule has 1 atom stereocenters. The molecular formula is C18H21BrFN. The van der Waals surface area contributed by atoms with E-state index < -0.39 is 0 Å². The predicted octanol–water partition coefficient (Wildman–Crippen LogP) is 5.10. The number of hydrogen-bond donors (Lipinski definition) is 1. The first-order valence-corrected chi connectivity index (χ1v) is 8.05. The zero-order valence-corrected chi connectivity index (χ0v) is 14.3. The van der Waals surface area contributed by atoms with Gasteiger partial charge < -0.3 is 5.32 Å². The van der Waals surface area contributed by atoms with E-state index in [0.717, 1.165) is 17.4 Å². The average molecular weight is 350 g/mol. The highest BCUT2D eigenvalue weighted by molar-refractivity contribution is 9.10. The summed E-state index contributed by atoms with van der Waals surface area (Å²) in [5, 5.41) is 3.40.